The second-order valence-corrected chi connectivity index (χ2v) is 25.1. The molecule has 5 aromatic rings. The second-order valence-electron chi connectivity index (χ2n) is 19.4. The highest BCUT2D eigenvalue weighted by Crippen LogP contribution is 2.36. The number of amides is 2. The van der Waals surface area contributed by atoms with Crippen molar-refractivity contribution in [1.29, 1.82) is 0 Å². The first-order valence-corrected chi connectivity index (χ1v) is 28.3. The highest BCUT2D eigenvalue weighted by atomic mass is 32.2. The molecular weight excluding hydrogens is 909 g/mol. The van der Waals surface area contributed by atoms with Gasteiger partial charge >= 0.3 is 0 Å². The lowest BCUT2D eigenvalue weighted by Gasteiger charge is -2.33. The SMILES string of the molecule is Cc1c(C(=O)N2CCCCC2C)[nH]c2ccc(S(=O)(=O)N3CCC(C)CC3)cc12.Cc1c(C(=O)N2CCCCC2C)n(S(=O)(=O)c2ccccc2)c2ccc(S(=O)(=O)N3CCC(C)CC3)cc12. The number of likely N-dealkylation sites (tertiary alicyclic amines) is 2. The molecule has 0 radical (unpaired) electrons. The third-order valence-corrected chi connectivity index (χ3v) is 20.3. The number of aryl methyl sites for hydroxylation is 2. The molecule has 4 aliphatic heterocycles. The van der Waals surface area contributed by atoms with Gasteiger partial charge in [0.05, 0.1) is 20.2 Å². The number of nitrogens with one attached hydrogen (secondary N) is 1. The number of sulfonamides is 2. The van der Waals surface area contributed by atoms with E-state index < -0.39 is 30.1 Å². The van der Waals surface area contributed by atoms with Crippen LogP contribution in [0, 0.1) is 25.7 Å². The van der Waals surface area contributed by atoms with Crippen molar-refractivity contribution in [3.63, 3.8) is 0 Å². The molecule has 362 valence electrons. The predicted molar refractivity (Wildman–Crippen MR) is 262 cm³/mol. The Morgan fingerprint density at radius 3 is 1.54 bits per heavy atom. The van der Waals surface area contributed by atoms with Gasteiger partial charge in [-0.3, -0.25) is 9.59 Å². The Morgan fingerprint density at radius 1 is 0.522 bits per heavy atom. The second kappa shape index (κ2) is 19.4. The zero-order valence-electron chi connectivity index (χ0n) is 39.7. The minimum atomic E-state index is -4.14. The number of hydrogen-bond acceptors (Lipinski definition) is 8. The fourth-order valence-electron chi connectivity index (χ4n) is 10.3. The molecule has 0 aliphatic carbocycles. The van der Waals surface area contributed by atoms with Crippen LogP contribution >= 0.6 is 0 Å². The van der Waals surface area contributed by atoms with Crippen molar-refractivity contribution in [3.8, 4) is 0 Å². The highest BCUT2D eigenvalue weighted by Gasteiger charge is 2.36. The van der Waals surface area contributed by atoms with Gasteiger partial charge in [-0.15, -0.1) is 0 Å². The van der Waals surface area contributed by atoms with Gasteiger partial charge in [-0.1, -0.05) is 32.0 Å². The Labute approximate surface area is 396 Å². The summed E-state index contributed by atoms with van der Waals surface area (Å²) < 4.78 is 85.4. The molecule has 2 atom stereocenters. The maximum absolute atomic E-state index is 14.0. The average Bonchev–Trinajstić information content (AvgIpc) is 3.82. The molecule has 0 spiro atoms. The molecule has 67 heavy (non-hydrogen) atoms. The summed E-state index contributed by atoms with van der Waals surface area (Å²) in [5, 5.41) is 1.26. The zero-order chi connectivity index (χ0) is 48.0. The molecule has 2 aromatic heterocycles. The number of carbonyl (C=O) groups excluding carboxylic acids is 2. The first kappa shape index (κ1) is 48.9. The number of hydrogen-bond donors (Lipinski definition) is 1. The number of carbonyl (C=O) groups is 2. The molecule has 6 heterocycles. The van der Waals surface area contributed by atoms with Crippen molar-refractivity contribution in [2.75, 3.05) is 39.3 Å². The topological polar surface area (TPSA) is 170 Å². The molecule has 0 saturated carbocycles. The Bertz CT molecular complexity index is 2990. The van der Waals surface area contributed by atoms with E-state index in [1.54, 1.807) is 52.5 Å². The maximum Gasteiger partial charge on any atom is 0.272 e. The number of fused-ring (bicyclic) bond motifs is 2. The number of H-pyrrole nitrogens is 1. The molecule has 0 bridgehead atoms. The summed E-state index contributed by atoms with van der Waals surface area (Å²) in [7, 11) is -11.4. The summed E-state index contributed by atoms with van der Waals surface area (Å²) in [6, 6.07) is 17.9. The summed E-state index contributed by atoms with van der Waals surface area (Å²) in [5.74, 6) is 0.718. The summed E-state index contributed by atoms with van der Waals surface area (Å²) in [6.07, 6.45) is 9.37. The van der Waals surface area contributed by atoms with E-state index in [2.05, 4.69) is 25.8 Å². The van der Waals surface area contributed by atoms with E-state index in [-0.39, 0.29) is 39.4 Å². The fraction of sp³-hybridized carbons (Fsp3) is 0.520. The van der Waals surface area contributed by atoms with E-state index in [4.69, 9.17) is 0 Å². The van der Waals surface area contributed by atoms with Gasteiger partial charge in [-0.25, -0.2) is 29.2 Å². The molecule has 2 unspecified atom stereocenters. The van der Waals surface area contributed by atoms with Crippen LogP contribution < -0.4 is 0 Å². The molecule has 1 N–H and O–H groups in total. The Balaban J connectivity index is 0.000000188. The van der Waals surface area contributed by atoms with Gasteiger partial charge in [0, 0.05) is 67.6 Å². The van der Waals surface area contributed by atoms with Crippen LogP contribution in [-0.4, -0.2) is 116 Å². The zero-order valence-corrected chi connectivity index (χ0v) is 42.2. The van der Waals surface area contributed by atoms with Crippen LogP contribution in [0.2, 0.25) is 0 Å². The van der Waals surface area contributed by atoms with Crippen LogP contribution in [0.3, 0.4) is 0 Å². The first-order valence-electron chi connectivity index (χ1n) is 24.0. The molecular formula is C50H66N6O8S3. The molecule has 14 nitrogen and oxygen atoms in total. The van der Waals surface area contributed by atoms with Crippen LogP contribution in [0.1, 0.15) is 124 Å². The number of aromatic nitrogens is 2. The normalized spacial score (nSPS) is 21.1. The molecule has 4 fully saturated rings. The van der Waals surface area contributed by atoms with Crippen molar-refractivity contribution >= 4 is 63.7 Å². The molecule has 4 saturated heterocycles. The van der Waals surface area contributed by atoms with E-state index in [1.165, 1.54) is 34.6 Å². The van der Waals surface area contributed by atoms with Crippen LogP contribution in [-0.2, 0) is 30.1 Å². The van der Waals surface area contributed by atoms with E-state index in [0.717, 1.165) is 91.2 Å². The Hall–Kier alpha value is -4.55. The smallest absolute Gasteiger partial charge is 0.272 e. The lowest BCUT2D eigenvalue weighted by molar-refractivity contribution is 0.0621. The molecule has 2 amide bonds. The number of rotatable bonds is 8. The lowest BCUT2D eigenvalue weighted by atomic mass is 10.0. The molecule has 17 heteroatoms. The van der Waals surface area contributed by atoms with Crippen LogP contribution in [0.15, 0.2) is 81.4 Å². The summed E-state index contributed by atoms with van der Waals surface area (Å²) in [4.78, 5) is 34.5. The minimum absolute atomic E-state index is 0.0142. The van der Waals surface area contributed by atoms with Gasteiger partial charge in [-0.2, -0.15) is 8.61 Å². The largest absolute Gasteiger partial charge is 0.350 e. The summed E-state index contributed by atoms with van der Waals surface area (Å²) in [6.45, 7) is 15.4. The van der Waals surface area contributed by atoms with Crippen LogP contribution in [0.25, 0.3) is 21.8 Å². The minimum Gasteiger partial charge on any atom is -0.350 e. The van der Waals surface area contributed by atoms with Crippen molar-refractivity contribution in [2.45, 2.75) is 133 Å². The number of aromatic amines is 1. The Morgan fingerprint density at radius 2 is 1.01 bits per heavy atom. The predicted octanol–water partition coefficient (Wildman–Crippen LogP) is 8.53. The van der Waals surface area contributed by atoms with E-state index >= 15 is 0 Å². The quantitative estimate of drug-likeness (QED) is 0.161. The van der Waals surface area contributed by atoms with Gasteiger partial charge < -0.3 is 14.8 Å². The van der Waals surface area contributed by atoms with Gasteiger partial charge in [-0.05, 0) is 163 Å². The highest BCUT2D eigenvalue weighted by molar-refractivity contribution is 7.90. The van der Waals surface area contributed by atoms with Crippen LogP contribution in [0.5, 0.6) is 0 Å². The van der Waals surface area contributed by atoms with E-state index in [0.29, 0.717) is 71.6 Å². The van der Waals surface area contributed by atoms with E-state index in [1.807, 2.05) is 18.7 Å². The summed E-state index contributed by atoms with van der Waals surface area (Å²) >= 11 is 0. The molecule has 3 aromatic carbocycles. The standard InChI is InChI=1S/C28H35N3O5S2.C22H31N3O3S/c1-20-14-17-29(18-15-20)37(33,34)24-12-13-26-25(19-24)22(3)27(28(32)30-16-8-7-9-21(30)2)31(26)38(35,36)23-10-5-4-6-11-23;1-15-9-12-24(13-10-15)29(27,28)18-7-8-20-19(14-18)17(3)21(23-20)22(26)25-11-5-4-6-16(25)2/h4-6,10-13,19-21H,7-9,14-18H2,1-3H3;7-8,14-16,23H,4-6,9-13H2,1-3H3. The molecule has 9 rings (SSSR count). The Kier molecular flexibility index (Phi) is 14.2. The first-order chi connectivity index (χ1) is 31.8. The summed E-state index contributed by atoms with van der Waals surface area (Å²) in [5.41, 5.74) is 3.04. The number of nitrogens with zero attached hydrogens (tertiary/aromatic N) is 5. The average molecular weight is 975 g/mol. The van der Waals surface area contributed by atoms with Gasteiger partial charge in [0.25, 0.3) is 21.8 Å². The van der Waals surface area contributed by atoms with Crippen molar-refractivity contribution < 1.29 is 34.8 Å². The van der Waals surface area contributed by atoms with Crippen molar-refractivity contribution in [3.05, 3.63) is 89.2 Å². The monoisotopic (exact) mass is 974 g/mol. The maximum atomic E-state index is 14.0. The third kappa shape index (κ3) is 9.47. The third-order valence-electron chi connectivity index (χ3n) is 14.8. The van der Waals surface area contributed by atoms with E-state index in [9.17, 15) is 34.8 Å². The van der Waals surface area contributed by atoms with Crippen molar-refractivity contribution in [2.24, 2.45) is 11.8 Å². The number of piperidine rings is 4. The van der Waals surface area contributed by atoms with Gasteiger partial charge in [0.2, 0.25) is 20.0 Å². The van der Waals surface area contributed by atoms with Gasteiger partial charge in [0.15, 0.2) is 0 Å². The number of benzene rings is 3. The van der Waals surface area contributed by atoms with Crippen molar-refractivity contribution in [1.82, 2.24) is 27.4 Å². The fourth-order valence-corrected chi connectivity index (χ4v) is 14.8. The van der Waals surface area contributed by atoms with Crippen LogP contribution in [0.4, 0.5) is 0 Å². The van der Waals surface area contributed by atoms with Gasteiger partial charge in [0.1, 0.15) is 11.4 Å². The lowest BCUT2D eigenvalue weighted by Crippen LogP contribution is -2.43. The molecule has 4 aliphatic rings.